The SMILES string of the molecule is CC(C)(C)[C@@H](O)[C@@H](N)c1ccc(Br)cc1.Cl. The fourth-order valence-electron chi connectivity index (χ4n) is 1.41. The van der Waals surface area contributed by atoms with E-state index in [1.807, 2.05) is 45.0 Å². The maximum Gasteiger partial charge on any atom is 0.0780 e. The normalized spacial score (nSPS) is 15.1. The van der Waals surface area contributed by atoms with Crippen molar-refractivity contribution >= 4 is 28.3 Å². The Labute approximate surface area is 112 Å². The van der Waals surface area contributed by atoms with Crippen LogP contribution in [-0.4, -0.2) is 11.2 Å². The summed E-state index contributed by atoms with van der Waals surface area (Å²) in [6.07, 6.45) is -0.543. The minimum Gasteiger partial charge on any atom is -0.391 e. The average molecular weight is 309 g/mol. The van der Waals surface area contributed by atoms with Crippen molar-refractivity contribution in [3.63, 3.8) is 0 Å². The molecule has 16 heavy (non-hydrogen) atoms. The number of hydrogen-bond acceptors (Lipinski definition) is 2. The Hall–Kier alpha value is -0.0900. The molecule has 2 atom stereocenters. The zero-order valence-electron chi connectivity index (χ0n) is 9.77. The Kier molecular flexibility index (Phi) is 5.98. The molecule has 0 heterocycles. The Morgan fingerprint density at radius 3 is 2.00 bits per heavy atom. The van der Waals surface area contributed by atoms with Crippen LogP contribution in [-0.2, 0) is 0 Å². The summed E-state index contributed by atoms with van der Waals surface area (Å²) in [6.45, 7) is 5.95. The summed E-state index contributed by atoms with van der Waals surface area (Å²) in [4.78, 5) is 0. The van der Waals surface area contributed by atoms with E-state index in [4.69, 9.17) is 5.73 Å². The number of halogens is 2. The van der Waals surface area contributed by atoms with Gasteiger partial charge in [0.2, 0.25) is 0 Å². The highest BCUT2D eigenvalue weighted by molar-refractivity contribution is 9.10. The van der Waals surface area contributed by atoms with Gasteiger partial charge in [0.1, 0.15) is 0 Å². The van der Waals surface area contributed by atoms with Crippen molar-refractivity contribution in [2.75, 3.05) is 0 Å². The Bertz CT molecular complexity index is 321. The van der Waals surface area contributed by atoms with E-state index in [2.05, 4.69) is 15.9 Å². The van der Waals surface area contributed by atoms with Crippen LogP contribution < -0.4 is 5.73 Å². The van der Waals surface area contributed by atoms with Crippen LogP contribution in [0, 0.1) is 5.41 Å². The molecule has 3 N–H and O–H groups in total. The second kappa shape index (κ2) is 6.01. The van der Waals surface area contributed by atoms with E-state index >= 15 is 0 Å². The van der Waals surface area contributed by atoms with E-state index in [-0.39, 0.29) is 23.9 Å². The van der Waals surface area contributed by atoms with Crippen LogP contribution in [0.1, 0.15) is 32.4 Å². The standard InChI is InChI=1S/C12H18BrNO.ClH/c1-12(2,3)11(15)10(14)8-4-6-9(13)7-5-8;/h4-7,10-11,15H,14H2,1-3H3;1H/t10-,11-;/m0./s1. The monoisotopic (exact) mass is 307 g/mol. The average Bonchev–Trinajstić information content (AvgIpc) is 2.15. The first kappa shape index (κ1) is 15.9. The quantitative estimate of drug-likeness (QED) is 0.881. The van der Waals surface area contributed by atoms with Gasteiger partial charge < -0.3 is 10.8 Å². The van der Waals surface area contributed by atoms with Crippen molar-refractivity contribution < 1.29 is 5.11 Å². The lowest BCUT2D eigenvalue weighted by molar-refractivity contribution is 0.0401. The Morgan fingerprint density at radius 1 is 1.19 bits per heavy atom. The zero-order chi connectivity index (χ0) is 11.6. The molecule has 0 aliphatic rings. The smallest absolute Gasteiger partial charge is 0.0780 e. The molecular formula is C12H19BrClNO. The second-order valence-electron chi connectivity index (χ2n) is 4.89. The van der Waals surface area contributed by atoms with Crippen molar-refractivity contribution in [2.24, 2.45) is 11.1 Å². The first-order chi connectivity index (χ1) is 6.82. The fourth-order valence-corrected chi connectivity index (χ4v) is 1.67. The molecule has 92 valence electrons. The van der Waals surface area contributed by atoms with Crippen molar-refractivity contribution in [3.05, 3.63) is 34.3 Å². The molecule has 4 heteroatoms. The molecule has 0 spiro atoms. The minimum absolute atomic E-state index is 0. The van der Waals surface area contributed by atoms with Gasteiger partial charge in [0.25, 0.3) is 0 Å². The number of rotatable bonds is 2. The number of aliphatic hydroxyl groups excluding tert-OH is 1. The number of hydrogen-bond donors (Lipinski definition) is 2. The lowest BCUT2D eigenvalue weighted by atomic mass is 9.82. The summed E-state index contributed by atoms with van der Waals surface area (Å²) < 4.78 is 1.02. The summed E-state index contributed by atoms with van der Waals surface area (Å²) >= 11 is 3.37. The molecule has 0 unspecified atom stereocenters. The van der Waals surface area contributed by atoms with Gasteiger partial charge in [-0.05, 0) is 23.1 Å². The van der Waals surface area contributed by atoms with Crippen molar-refractivity contribution in [1.82, 2.24) is 0 Å². The largest absolute Gasteiger partial charge is 0.391 e. The lowest BCUT2D eigenvalue weighted by Crippen LogP contribution is -2.36. The molecule has 1 rings (SSSR count). The van der Waals surface area contributed by atoms with Crippen LogP contribution in [0.25, 0.3) is 0 Å². The molecular weight excluding hydrogens is 289 g/mol. The van der Waals surface area contributed by atoms with Crippen LogP contribution >= 0.6 is 28.3 Å². The third-order valence-electron chi connectivity index (χ3n) is 2.48. The van der Waals surface area contributed by atoms with Crippen LogP contribution in [0.5, 0.6) is 0 Å². The predicted molar refractivity (Wildman–Crippen MR) is 73.8 cm³/mol. The topological polar surface area (TPSA) is 46.2 Å². The molecule has 1 aromatic carbocycles. The number of nitrogens with two attached hydrogens (primary N) is 1. The summed E-state index contributed by atoms with van der Waals surface area (Å²) in [7, 11) is 0. The molecule has 0 saturated carbocycles. The van der Waals surface area contributed by atoms with E-state index < -0.39 is 6.10 Å². The molecule has 0 bridgehead atoms. The highest BCUT2D eigenvalue weighted by Crippen LogP contribution is 2.28. The third kappa shape index (κ3) is 4.06. The summed E-state index contributed by atoms with van der Waals surface area (Å²) in [5, 5.41) is 10.0. The van der Waals surface area contributed by atoms with Crippen LogP contribution in [0.4, 0.5) is 0 Å². The molecule has 0 saturated heterocycles. The lowest BCUT2D eigenvalue weighted by Gasteiger charge is -2.31. The van der Waals surface area contributed by atoms with Gasteiger partial charge in [0.15, 0.2) is 0 Å². The van der Waals surface area contributed by atoms with Gasteiger partial charge in [-0.1, -0.05) is 48.8 Å². The molecule has 0 fully saturated rings. The van der Waals surface area contributed by atoms with E-state index in [1.165, 1.54) is 0 Å². The summed E-state index contributed by atoms with van der Waals surface area (Å²) in [6, 6.07) is 7.40. The van der Waals surface area contributed by atoms with Gasteiger partial charge in [-0.3, -0.25) is 0 Å². The molecule has 1 aromatic rings. The van der Waals surface area contributed by atoms with Crippen molar-refractivity contribution in [2.45, 2.75) is 32.9 Å². The van der Waals surface area contributed by atoms with Gasteiger partial charge in [0, 0.05) is 4.47 Å². The van der Waals surface area contributed by atoms with Crippen LogP contribution in [0.2, 0.25) is 0 Å². The van der Waals surface area contributed by atoms with Gasteiger partial charge >= 0.3 is 0 Å². The highest BCUT2D eigenvalue weighted by Gasteiger charge is 2.28. The highest BCUT2D eigenvalue weighted by atomic mass is 79.9. The molecule has 0 radical (unpaired) electrons. The van der Waals surface area contributed by atoms with E-state index in [0.29, 0.717) is 0 Å². The van der Waals surface area contributed by atoms with E-state index in [9.17, 15) is 5.11 Å². The molecule has 0 amide bonds. The minimum atomic E-state index is -0.543. The van der Waals surface area contributed by atoms with Crippen LogP contribution in [0.3, 0.4) is 0 Å². The first-order valence-corrected chi connectivity index (χ1v) is 5.81. The maximum atomic E-state index is 10.0. The van der Waals surface area contributed by atoms with Gasteiger partial charge in [0.05, 0.1) is 12.1 Å². The Balaban J connectivity index is 0.00000225. The number of aliphatic hydroxyl groups is 1. The molecule has 0 aliphatic heterocycles. The third-order valence-corrected chi connectivity index (χ3v) is 3.01. The molecule has 2 nitrogen and oxygen atoms in total. The van der Waals surface area contributed by atoms with E-state index in [0.717, 1.165) is 10.0 Å². The summed E-state index contributed by atoms with van der Waals surface area (Å²) in [5.74, 6) is 0. The number of benzene rings is 1. The van der Waals surface area contributed by atoms with Crippen LogP contribution in [0.15, 0.2) is 28.7 Å². The maximum absolute atomic E-state index is 10.0. The van der Waals surface area contributed by atoms with Gasteiger partial charge in [-0.15, -0.1) is 12.4 Å². The molecule has 0 aromatic heterocycles. The van der Waals surface area contributed by atoms with Crippen molar-refractivity contribution in [3.8, 4) is 0 Å². The zero-order valence-corrected chi connectivity index (χ0v) is 12.2. The molecule has 0 aliphatic carbocycles. The van der Waals surface area contributed by atoms with Gasteiger partial charge in [-0.2, -0.15) is 0 Å². The van der Waals surface area contributed by atoms with E-state index in [1.54, 1.807) is 0 Å². The fraction of sp³-hybridized carbons (Fsp3) is 0.500. The predicted octanol–water partition coefficient (Wildman–Crippen LogP) is 3.28. The van der Waals surface area contributed by atoms with Crippen molar-refractivity contribution in [1.29, 1.82) is 0 Å². The second-order valence-corrected chi connectivity index (χ2v) is 5.80. The first-order valence-electron chi connectivity index (χ1n) is 5.01. The Morgan fingerprint density at radius 2 is 1.62 bits per heavy atom. The van der Waals surface area contributed by atoms with Gasteiger partial charge in [-0.25, -0.2) is 0 Å². The summed E-state index contributed by atoms with van der Waals surface area (Å²) in [5.41, 5.74) is 6.77.